The molecule has 3 unspecified atom stereocenters. The first-order valence-corrected chi connectivity index (χ1v) is 19.3. The average Bonchev–Trinajstić information content (AvgIpc) is 3.54. The summed E-state index contributed by atoms with van der Waals surface area (Å²) >= 11 is 6.04. The van der Waals surface area contributed by atoms with Crippen LogP contribution in [0.3, 0.4) is 0 Å². The fourth-order valence-corrected chi connectivity index (χ4v) is 8.42. The Morgan fingerprint density at radius 2 is 1.54 bits per heavy atom. The molecule has 0 bridgehead atoms. The third-order valence-electron chi connectivity index (χ3n) is 8.96. The Hall–Kier alpha value is -5.09. The minimum absolute atomic E-state index is 0.0194. The molecule has 0 fully saturated rings. The predicted molar refractivity (Wildman–Crippen MR) is 204 cm³/mol. The molecule has 0 radical (unpaired) electrons. The van der Waals surface area contributed by atoms with Crippen LogP contribution < -0.4 is 21.7 Å². The number of para-hydroxylation sites is 1. The zero-order valence-electron chi connectivity index (χ0n) is 28.5. The summed E-state index contributed by atoms with van der Waals surface area (Å²) in [4.78, 5) is 54.8. The average molecular weight is 744 g/mol. The molecule has 0 saturated heterocycles. The molecule has 11 nitrogen and oxygen atoms in total. The van der Waals surface area contributed by atoms with Gasteiger partial charge in [0.1, 0.15) is 17.6 Å². The normalized spacial score (nSPS) is 14.1. The number of carbonyl (C=O) groups excluding carboxylic acids is 3. The van der Waals surface area contributed by atoms with Gasteiger partial charge in [0.05, 0.1) is 12.2 Å². The van der Waals surface area contributed by atoms with Crippen molar-refractivity contribution in [3.63, 3.8) is 0 Å². The van der Waals surface area contributed by atoms with E-state index in [1.54, 1.807) is 30.5 Å². The Kier molecular flexibility index (Phi) is 13.1. The summed E-state index contributed by atoms with van der Waals surface area (Å²) in [5, 5.41) is 19.7. The van der Waals surface area contributed by atoms with Gasteiger partial charge in [-0.2, -0.15) is 0 Å². The molecule has 5 rings (SSSR count). The molecule has 13 heteroatoms. The molecule has 4 aromatic carbocycles. The number of fused-ring (bicyclic) bond motifs is 1. The van der Waals surface area contributed by atoms with Gasteiger partial charge in [-0.1, -0.05) is 90.5 Å². The van der Waals surface area contributed by atoms with E-state index in [1.807, 2.05) is 60.7 Å². The summed E-state index contributed by atoms with van der Waals surface area (Å²) in [7, 11) is -4.33. The summed E-state index contributed by atoms with van der Waals surface area (Å²) in [6.45, 7) is -0.325. The Morgan fingerprint density at radius 3 is 2.25 bits per heavy atom. The lowest BCUT2D eigenvalue weighted by Crippen LogP contribution is -2.49. The van der Waals surface area contributed by atoms with Gasteiger partial charge in [-0.25, -0.2) is 0 Å². The Morgan fingerprint density at radius 1 is 0.865 bits per heavy atom. The fraction of sp³-hybridized carbons (Fsp3) is 0.256. The maximum absolute atomic E-state index is 14.4. The van der Waals surface area contributed by atoms with Crippen molar-refractivity contribution in [2.24, 2.45) is 11.7 Å². The van der Waals surface area contributed by atoms with Crippen molar-refractivity contribution in [2.75, 3.05) is 18.0 Å². The zero-order valence-corrected chi connectivity index (χ0v) is 30.2. The Bertz CT molecular complexity index is 2030. The van der Waals surface area contributed by atoms with Gasteiger partial charge in [-0.3, -0.25) is 18.9 Å². The second-order valence-electron chi connectivity index (χ2n) is 12.8. The quantitative estimate of drug-likeness (QED) is 0.0440. The van der Waals surface area contributed by atoms with Crippen molar-refractivity contribution < 1.29 is 28.9 Å². The number of phenolic OH excluding ortho intramolecular Hbond substituents is 1. The molecule has 0 aliphatic heterocycles. The first-order chi connectivity index (χ1) is 25.0. The van der Waals surface area contributed by atoms with Gasteiger partial charge in [0.2, 0.25) is 25.1 Å². The molecule has 3 amide bonds. The van der Waals surface area contributed by atoms with Gasteiger partial charge in [0, 0.05) is 47.0 Å². The minimum atomic E-state index is -4.33. The summed E-state index contributed by atoms with van der Waals surface area (Å²) in [5.74, 6) is -4.27. The highest BCUT2D eigenvalue weighted by molar-refractivity contribution is 7.58. The molecule has 272 valence electrons. The lowest BCUT2D eigenvalue weighted by atomic mass is 9.98. The van der Waals surface area contributed by atoms with Crippen LogP contribution in [0, 0.1) is 5.92 Å². The summed E-state index contributed by atoms with van der Waals surface area (Å²) in [6, 6.07) is 29.5. The van der Waals surface area contributed by atoms with E-state index in [9.17, 15) is 28.9 Å². The number of halogens is 1. The van der Waals surface area contributed by atoms with Crippen molar-refractivity contribution in [2.45, 2.75) is 43.9 Å². The van der Waals surface area contributed by atoms with Crippen molar-refractivity contribution in [3.05, 3.63) is 131 Å². The minimum Gasteiger partial charge on any atom is -0.506 e. The second kappa shape index (κ2) is 17.9. The molecule has 8 N–H and O–H groups in total. The van der Waals surface area contributed by atoms with E-state index in [2.05, 4.69) is 20.9 Å². The van der Waals surface area contributed by atoms with Gasteiger partial charge in [0.15, 0.2) is 0 Å². The number of nitrogens with two attached hydrogens (primary N) is 1. The Balaban J connectivity index is 1.35. The molecule has 1 heterocycles. The van der Waals surface area contributed by atoms with Crippen LogP contribution in [0.5, 0.6) is 5.75 Å². The molecule has 5 aromatic rings. The van der Waals surface area contributed by atoms with E-state index in [0.29, 0.717) is 23.4 Å². The topological polar surface area (TPSA) is 187 Å². The van der Waals surface area contributed by atoms with Gasteiger partial charge >= 0.3 is 0 Å². The molecule has 0 aliphatic rings. The highest BCUT2D eigenvalue weighted by Gasteiger charge is 2.38. The van der Waals surface area contributed by atoms with Gasteiger partial charge in [0.25, 0.3) is 0 Å². The van der Waals surface area contributed by atoms with Gasteiger partial charge in [-0.05, 0) is 60.2 Å². The number of aromatic hydroxyl groups is 1. The second-order valence-corrected chi connectivity index (χ2v) is 15.8. The molecule has 4 atom stereocenters. The predicted octanol–water partition coefficient (Wildman–Crippen LogP) is 5.75. The van der Waals surface area contributed by atoms with Crippen molar-refractivity contribution >= 4 is 53.3 Å². The van der Waals surface area contributed by atoms with E-state index in [4.69, 9.17) is 17.3 Å². The fourth-order valence-electron chi connectivity index (χ4n) is 6.17. The number of aromatic nitrogens is 1. The standard InChI is InChI=1S/C39H43ClN5O6P/c40-30-18-19-35(46)33(22-30)43-24-36(47)45-37(20-27-12-5-2-6-13-27)52(50,51)25-28(15-9-14-26-10-3-1-4-11-26)39(49)44-34(38(41)48)21-29-23-42-32-17-8-7-16-31(29)32/h1-8,10-13,16-19,22-23,28,34,37,42-43,46H,9,14-15,20-21,24-25H2,(H2,41,48)(H,44,49)(H,45,47)(H,50,51)/t28?,34-,37?/m0/s1. The van der Waals surface area contributed by atoms with Crippen LogP contribution in [0.15, 0.2) is 109 Å². The summed E-state index contributed by atoms with van der Waals surface area (Å²) in [6.07, 6.45) is 2.85. The van der Waals surface area contributed by atoms with Crippen LogP contribution in [0.4, 0.5) is 5.69 Å². The molecule has 0 saturated carbocycles. The number of hydrogen-bond acceptors (Lipinski definition) is 6. The number of phenols is 1. The monoisotopic (exact) mass is 743 g/mol. The first-order valence-electron chi connectivity index (χ1n) is 17.0. The number of primary amides is 1. The smallest absolute Gasteiger partial charge is 0.240 e. The van der Waals surface area contributed by atoms with E-state index in [1.165, 1.54) is 18.2 Å². The maximum atomic E-state index is 14.4. The van der Waals surface area contributed by atoms with Crippen LogP contribution in [-0.2, 0) is 38.2 Å². The van der Waals surface area contributed by atoms with Crippen molar-refractivity contribution in [1.29, 1.82) is 0 Å². The number of hydrogen-bond donors (Lipinski definition) is 7. The van der Waals surface area contributed by atoms with Gasteiger partial charge < -0.3 is 36.7 Å². The number of benzene rings is 4. The number of amides is 3. The van der Waals surface area contributed by atoms with Crippen LogP contribution in [0.2, 0.25) is 5.02 Å². The molecule has 52 heavy (non-hydrogen) atoms. The number of H-pyrrole nitrogens is 1. The molecule has 0 spiro atoms. The van der Waals surface area contributed by atoms with Crippen LogP contribution in [0.25, 0.3) is 10.9 Å². The third-order valence-corrected chi connectivity index (χ3v) is 11.4. The first kappa shape index (κ1) is 38.1. The zero-order chi connectivity index (χ0) is 37.1. The van der Waals surface area contributed by atoms with Crippen LogP contribution in [0.1, 0.15) is 29.5 Å². The highest BCUT2D eigenvalue weighted by Crippen LogP contribution is 2.49. The number of rotatable bonds is 18. The van der Waals surface area contributed by atoms with Crippen molar-refractivity contribution in [1.82, 2.24) is 15.6 Å². The number of anilines is 1. The highest BCUT2D eigenvalue weighted by atomic mass is 35.5. The lowest BCUT2D eigenvalue weighted by Gasteiger charge is -2.28. The molecular formula is C39H43ClN5O6P. The van der Waals surface area contributed by atoms with E-state index < -0.39 is 49.0 Å². The van der Waals surface area contributed by atoms with E-state index >= 15 is 0 Å². The van der Waals surface area contributed by atoms with Gasteiger partial charge in [-0.15, -0.1) is 0 Å². The SMILES string of the molecule is NC(=O)[C@H](Cc1c[nH]c2ccccc12)NC(=O)C(CCCc1ccccc1)CP(=O)(O)C(Cc1ccccc1)NC(=O)CNc1cc(Cl)ccc1O. The maximum Gasteiger partial charge on any atom is 0.240 e. The van der Waals surface area contributed by atoms with Crippen molar-refractivity contribution in [3.8, 4) is 5.75 Å². The van der Waals surface area contributed by atoms with Crippen LogP contribution >= 0.6 is 19.0 Å². The molecular weight excluding hydrogens is 701 g/mol. The Labute approximate surface area is 307 Å². The molecule has 0 aliphatic carbocycles. The number of aromatic amines is 1. The van der Waals surface area contributed by atoms with E-state index in [-0.39, 0.29) is 37.2 Å². The number of carbonyl (C=O) groups is 3. The molecule has 1 aromatic heterocycles. The third kappa shape index (κ3) is 10.7. The van der Waals surface area contributed by atoms with Crippen LogP contribution in [-0.4, -0.2) is 57.2 Å². The number of nitrogens with one attached hydrogen (secondary N) is 4. The lowest BCUT2D eigenvalue weighted by molar-refractivity contribution is -0.129. The summed E-state index contributed by atoms with van der Waals surface area (Å²) < 4.78 is 14.4. The van der Waals surface area contributed by atoms with E-state index in [0.717, 1.165) is 22.0 Å². The number of aryl methyl sites for hydroxylation is 1. The summed E-state index contributed by atoms with van der Waals surface area (Å²) in [5.41, 5.74) is 9.43. The largest absolute Gasteiger partial charge is 0.506 e.